The van der Waals surface area contributed by atoms with Gasteiger partial charge in [-0.1, -0.05) is 19.3 Å². The lowest BCUT2D eigenvalue weighted by Crippen LogP contribution is -2.63. The molecule has 0 unspecified atom stereocenters. The van der Waals surface area contributed by atoms with Crippen LogP contribution in [-0.2, 0) is 6.54 Å². The van der Waals surface area contributed by atoms with Gasteiger partial charge in [-0.3, -0.25) is 4.98 Å². The molecule has 1 saturated carbocycles. The number of hydrogen-bond acceptors (Lipinski definition) is 8. The van der Waals surface area contributed by atoms with E-state index in [1.165, 1.54) is 25.6 Å². The van der Waals surface area contributed by atoms with Gasteiger partial charge in [-0.2, -0.15) is 0 Å². The van der Waals surface area contributed by atoms with Gasteiger partial charge >= 0.3 is 0 Å². The van der Waals surface area contributed by atoms with E-state index < -0.39 is 18.1 Å². The quantitative estimate of drug-likeness (QED) is 0.485. The Morgan fingerprint density at radius 3 is 2.69 bits per heavy atom. The number of imidazole rings is 1. The molecule has 1 saturated heterocycles. The van der Waals surface area contributed by atoms with Crippen LogP contribution >= 0.6 is 0 Å². The number of alkyl halides is 2. The van der Waals surface area contributed by atoms with Crippen LogP contribution in [0.3, 0.4) is 0 Å². The maximum atomic E-state index is 13.4. The largest absolute Gasteiger partial charge is 0.385 e. The van der Waals surface area contributed by atoms with E-state index in [0.29, 0.717) is 48.8 Å². The zero-order valence-electron chi connectivity index (χ0n) is 19.7. The van der Waals surface area contributed by atoms with Crippen molar-refractivity contribution in [3.63, 3.8) is 0 Å². The monoisotopic (exact) mass is 486 g/mol. The number of nitrogens with two attached hydrogens (primary N) is 2. The van der Waals surface area contributed by atoms with Gasteiger partial charge in [0.15, 0.2) is 11.5 Å². The Labute approximate surface area is 202 Å². The van der Waals surface area contributed by atoms with Crippen molar-refractivity contribution in [1.29, 1.82) is 0 Å². The minimum atomic E-state index is -2.89. The standard InChI is InChI=1S/C24H32F2N8O/c25-21(26)20(35)24(28)7-4-8-33(12-24)18-10-29-17(15-5-2-1-3-6-15)9-16(18)11-34-14-32-19-22(27)30-13-31-23(19)34/h9-10,13-15,20-21,35H,1-8,11-12,28H2,(H2,27,30,31)/t20-,24+/m0/s1. The van der Waals surface area contributed by atoms with E-state index in [9.17, 15) is 13.9 Å². The van der Waals surface area contributed by atoms with E-state index in [1.807, 2.05) is 15.7 Å². The molecule has 188 valence electrons. The molecule has 1 aliphatic heterocycles. The lowest BCUT2D eigenvalue weighted by molar-refractivity contribution is -0.0529. The molecule has 0 amide bonds. The highest BCUT2D eigenvalue weighted by molar-refractivity contribution is 5.81. The number of aliphatic hydroxyl groups is 1. The summed E-state index contributed by atoms with van der Waals surface area (Å²) in [7, 11) is 0. The van der Waals surface area contributed by atoms with Crippen molar-refractivity contribution in [3.05, 3.63) is 36.2 Å². The maximum Gasteiger partial charge on any atom is 0.265 e. The van der Waals surface area contributed by atoms with Gasteiger partial charge in [-0.05, 0) is 37.3 Å². The Morgan fingerprint density at radius 1 is 1.11 bits per heavy atom. The number of rotatable bonds is 6. The number of piperidine rings is 1. The fourth-order valence-electron chi connectivity index (χ4n) is 5.55. The minimum Gasteiger partial charge on any atom is -0.385 e. The Balaban J connectivity index is 1.52. The van der Waals surface area contributed by atoms with Crippen LogP contribution in [0.25, 0.3) is 11.2 Å². The van der Waals surface area contributed by atoms with E-state index in [-0.39, 0.29) is 6.54 Å². The third-order valence-electron chi connectivity index (χ3n) is 7.50. The van der Waals surface area contributed by atoms with Gasteiger partial charge in [-0.15, -0.1) is 0 Å². The second-order valence-corrected chi connectivity index (χ2v) is 9.91. The van der Waals surface area contributed by atoms with Crippen molar-refractivity contribution in [2.45, 2.75) is 75.5 Å². The molecule has 0 radical (unpaired) electrons. The van der Waals surface area contributed by atoms with Crippen molar-refractivity contribution < 1.29 is 13.9 Å². The van der Waals surface area contributed by atoms with Gasteiger partial charge in [0.1, 0.15) is 17.9 Å². The average molecular weight is 487 g/mol. The first-order valence-electron chi connectivity index (χ1n) is 12.3. The molecule has 3 aromatic rings. The Bertz CT molecular complexity index is 1180. The minimum absolute atomic E-state index is 0.121. The van der Waals surface area contributed by atoms with Crippen molar-refractivity contribution in [2.75, 3.05) is 23.7 Å². The predicted molar refractivity (Wildman–Crippen MR) is 129 cm³/mol. The number of aromatic nitrogens is 5. The van der Waals surface area contributed by atoms with Crippen molar-refractivity contribution in [3.8, 4) is 0 Å². The van der Waals surface area contributed by atoms with Crippen LogP contribution < -0.4 is 16.4 Å². The average Bonchev–Trinajstić information content (AvgIpc) is 3.28. The maximum absolute atomic E-state index is 13.4. The van der Waals surface area contributed by atoms with Gasteiger partial charge in [0, 0.05) is 24.7 Å². The summed E-state index contributed by atoms with van der Waals surface area (Å²) in [5.41, 5.74) is 14.9. The molecule has 0 bridgehead atoms. The predicted octanol–water partition coefficient (Wildman–Crippen LogP) is 2.82. The summed E-state index contributed by atoms with van der Waals surface area (Å²) in [4.78, 5) is 19.5. The number of hydrogen-bond donors (Lipinski definition) is 3. The zero-order chi connectivity index (χ0) is 24.6. The lowest BCUT2D eigenvalue weighted by atomic mass is 9.84. The van der Waals surface area contributed by atoms with Crippen LogP contribution in [0, 0.1) is 0 Å². The molecule has 1 aliphatic carbocycles. The molecule has 35 heavy (non-hydrogen) atoms. The second kappa shape index (κ2) is 9.62. The van der Waals surface area contributed by atoms with Crippen LogP contribution in [-0.4, -0.2) is 60.8 Å². The summed E-state index contributed by atoms with van der Waals surface area (Å²) in [6.07, 6.45) is 6.94. The van der Waals surface area contributed by atoms with Gasteiger partial charge in [0.2, 0.25) is 0 Å². The van der Waals surface area contributed by atoms with Gasteiger partial charge in [-0.25, -0.2) is 23.7 Å². The molecule has 5 N–H and O–H groups in total. The molecule has 0 aromatic carbocycles. The third-order valence-corrected chi connectivity index (χ3v) is 7.50. The first-order valence-corrected chi connectivity index (χ1v) is 12.3. The summed E-state index contributed by atoms with van der Waals surface area (Å²) < 4.78 is 28.6. The Hall–Kier alpha value is -2.92. The number of aliphatic hydroxyl groups excluding tert-OH is 1. The number of halogens is 2. The van der Waals surface area contributed by atoms with Crippen LogP contribution in [0.1, 0.15) is 62.1 Å². The molecule has 3 aromatic heterocycles. The van der Waals surface area contributed by atoms with E-state index in [2.05, 4.69) is 21.0 Å². The van der Waals surface area contributed by atoms with Gasteiger partial charge in [0.25, 0.3) is 6.43 Å². The van der Waals surface area contributed by atoms with Crippen molar-refractivity contribution >= 4 is 22.7 Å². The molecule has 11 heteroatoms. The summed E-state index contributed by atoms with van der Waals surface area (Å²) in [5.74, 6) is 0.723. The molecular formula is C24H32F2N8O. The lowest BCUT2D eigenvalue weighted by Gasteiger charge is -2.44. The molecule has 4 heterocycles. The normalized spacial score (nSPS) is 22.7. The van der Waals surface area contributed by atoms with Gasteiger partial charge < -0.3 is 26.0 Å². The third kappa shape index (κ3) is 4.66. The molecule has 5 rings (SSSR count). The summed E-state index contributed by atoms with van der Waals surface area (Å²) >= 11 is 0. The topological polar surface area (TPSA) is 132 Å². The highest BCUT2D eigenvalue weighted by Crippen LogP contribution is 2.36. The number of fused-ring (bicyclic) bond motifs is 1. The SMILES string of the molecule is Nc1ncnc2c1ncn2Cc1cc(C2CCCCC2)ncc1N1CCC[C@](N)([C@@H](O)C(F)F)C1. The fourth-order valence-corrected chi connectivity index (χ4v) is 5.55. The zero-order valence-corrected chi connectivity index (χ0v) is 19.7. The molecule has 2 fully saturated rings. The summed E-state index contributed by atoms with van der Waals surface area (Å²) in [6, 6.07) is 2.12. The fraction of sp³-hybridized carbons (Fsp3) is 0.583. The first kappa shape index (κ1) is 23.8. The first-order chi connectivity index (χ1) is 16.9. The van der Waals surface area contributed by atoms with E-state index in [4.69, 9.17) is 16.5 Å². The van der Waals surface area contributed by atoms with Crippen LogP contribution in [0.2, 0.25) is 0 Å². The number of pyridine rings is 1. The van der Waals surface area contributed by atoms with Crippen LogP contribution in [0.4, 0.5) is 20.3 Å². The highest BCUT2D eigenvalue weighted by Gasteiger charge is 2.43. The van der Waals surface area contributed by atoms with E-state index >= 15 is 0 Å². The summed E-state index contributed by atoms with van der Waals surface area (Å²) in [5, 5.41) is 10.2. The number of nitrogens with zero attached hydrogens (tertiary/aromatic N) is 6. The van der Waals surface area contributed by atoms with E-state index in [0.717, 1.165) is 29.8 Å². The molecule has 2 atom stereocenters. The van der Waals surface area contributed by atoms with Crippen LogP contribution in [0.15, 0.2) is 24.9 Å². The number of nitrogen functional groups attached to an aromatic ring is 1. The van der Waals surface area contributed by atoms with Crippen molar-refractivity contribution in [1.82, 2.24) is 24.5 Å². The molecule has 2 aliphatic rings. The molecule has 9 nitrogen and oxygen atoms in total. The smallest absolute Gasteiger partial charge is 0.265 e. The number of anilines is 2. The van der Waals surface area contributed by atoms with E-state index in [1.54, 1.807) is 6.33 Å². The Kier molecular flexibility index (Phi) is 6.54. The second-order valence-electron chi connectivity index (χ2n) is 9.91. The van der Waals surface area contributed by atoms with Gasteiger partial charge in [0.05, 0.1) is 30.3 Å². The molecular weight excluding hydrogens is 454 g/mol. The van der Waals surface area contributed by atoms with Crippen molar-refractivity contribution in [2.24, 2.45) is 5.73 Å². The Morgan fingerprint density at radius 2 is 1.91 bits per heavy atom. The summed E-state index contributed by atoms with van der Waals surface area (Å²) in [6.45, 7) is 1.22. The van der Waals surface area contributed by atoms with Crippen LogP contribution in [0.5, 0.6) is 0 Å². The molecule has 0 spiro atoms. The highest BCUT2D eigenvalue weighted by atomic mass is 19.3.